The van der Waals surface area contributed by atoms with E-state index in [9.17, 15) is 31.0 Å². The maximum Gasteiger partial charge on any atom is 0.416 e. The predicted octanol–water partition coefficient (Wildman–Crippen LogP) is 6.80. The van der Waals surface area contributed by atoms with E-state index < -0.39 is 44.8 Å². The number of alkyl halides is 3. The molecule has 222 valence electrons. The number of carbonyl (C=O) groups excluding carboxylic acids is 1. The molecule has 16 heteroatoms. The third kappa shape index (κ3) is 7.71. The minimum atomic E-state index is -4.77. The van der Waals surface area contributed by atoms with Gasteiger partial charge in [0.1, 0.15) is 24.0 Å². The topological polar surface area (TPSA) is 156 Å². The quantitative estimate of drug-likeness (QED) is 0.108. The molecule has 0 spiro atoms. The zero-order valence-corrected chi connectivity index (χ0v) is 22.8. The number of rotatable bonds is 8. The van der Waals surface area contributed by atoms with Crippen molar-refractivity contribution in [1.29, 1.82) is 10.0 Å². The van der Waals surface area contributed by atoms with Gasteiger partial charge in [-0.25, -0.2) is 27.5 Å². The Hall–Kier alpha value is -5.30. The van der Waals surface area contributed by atoms with Crippen LogP contribution in [0.15, 0.2) is 71.8 Å². The van der Waals surface area contributed by atoms with Crippen LogP contribution in [0.4, 0.5) is 55.6 Å². The fraction of sp³-hybridized carbons (Fsp3) is 0.111. The Morgan fingerprint density at radius 3 is 2.44 bits per heavy atom. The second kappa shape index (κ2) is 12.3. The Kier molecular flexibility index (Phi) is 8.76. The van der Waals surface area contributed by atoms with Crippen LogP contribution in [-0.4, -0.2) is 33.0 Å². The lowest BCUT2D eigenvalue weighted by molar-refractivity contribution is -0.137. The number of anilines is 5. The molecule has 5 N–H and O–H groups in total. The molecule has 4 rings (SSSR count). The van der Waals surface area contributed by atoms with Crippen LogP contribution in [0.3, 0.4) is 0 Å². The predicted molar refractivity (Wildman–Crippen MR) is 150 cm³/mol. The summed E-state index contributed by atoms with van der Waals surface area (Å²) in [5.41, 5.74) is -1.33. The summed E-state index contributed by atoms with van der Waals surface area (Å²) in [7, 11) is -2.97. The van der Waals surface area contributed by atoms with Crippen molar-refractivity contribution >= 4 is 44.6 Å². The van der Waals surface area contributed by atoms with E-state index in [4.69, 9.17) is 10.0 Å². The summed E-state index contributed by atoms with van der Waals surface area (Å²) < 4.78 is 87.6. The molecule has 1 heterocycles. The molecular formula is C27H21F5N8O2S. The first-order valence-electron chi connectivity index (χ1n) is 12.1. The maximum absolute atomic E-state index is 15.0. The number of nitrogens with zero attached hydrogens (tertiary/aromatic N) is 3. The van der Waals surface area contributed by atoms with Crippen molar-refractivity contribution in [1.82, 2.24) is 9.97 Å². The van der Waals surface area contributed by atoms with Gasteiger partial charge in [-0.2, -0.15) is 23.4 Å². The first-order valence-corrected chi connectivity index (χ1v) is 14.0. The summed E-state index contributed by atoms with van der Waals surface area (Å²) in [5.74, 6) is -1.84. The SMILES string of the molecule is C[S@](=N)(=O)c1cccc(Nc2ncc(-c3ccc(NC(=O)Nc4cc(C(F)(F)F)ccc4F)c(F)c3)c(NCC#N)n2)c1. The lowest BCUT2D eigenvalue weighted by Gasteiger charge is -2.14. The highest BCUT2D eigenvalue weighted by atomic mass is 32.2. The van der Waals surface area contributed by atoms with Gasteiger partial charge in [-0.3, -0.25) is 0 Å². The molecule has 0 unspecified atom stereocenters. The maximum atomic E-state index is 15.0. The van der Waals surface area contributed by atoms with Gasteiger partial charge in [0.25, 0.3) is 0 Å². The Morgan fingerprint density at radius 2 is 1.77 bits per heavy atom. The molecule has 3 aromatic carbocycles. The number of aromatic nitrogens is 2. The molecule has 1 aromatic heterocycles. The number of urea groups is 1. The Balaban J connectivity index is 1.55. The van der Waals surface area contributed by atoms with Gasteiger partial charge in [0.05, 0.1) is 32.7 Å². The number of nitriles is 1. The molecule has 1 atom stereocenters. The zero-order chi connectivity index (χ0) is 31.4. The van der Waals surface area contributed by atoms with E-state index in [1.165, 1.54) is 30.7 Å². The molecule has 0 aliphatic carbocycles. The smallest absolute Gasteiger partial charge is 0.356 e. The standard InChI is InChI=1S/C27H21F5N8O2S/c1-43(34,42)18-4-2-3-17(13-18)37-25-36-14-19(24(40-25)35-10-9-33)15-5-8-22(21(29)11-15)38-26(41)39-23-12-16(27(30,31)32)6-7-20(23)28/h2-8,11-14,34H,10H2,1H3,(H2,38,39,41)(H2,35,36,37,40)/t43-/m0/s1. The first kappa shape index (κ1) is 30.7. The second-order valence-corrected chi connectivity index (χ2v) is 11.1. The van der Waals surface area contributed by atoms with Crippen molar-refractivity contribution in [2.75, 3.05) is 34.1 Å². The highest BCUT2D eigenvalue weighted by Crippen LogP contribution is 2.33. The number of amides is 2. The van der Waals surface area contributed by atoms with Crippen molar-refractivity contribution in [2.45, 2.75) is 11.1 Å². The summed E-state index contributed by atoms with van der Waals surface area (Å²) in [5, 5.41) is 18.8. The van der Waals surface area contributed by atoms with Gasteiger partial charge < -0.3 is 21.3 Å². The fourth-order valence-electron chi connectivity index (χ4n) is 3.71. The van der Waals surface area contributed by atoms with Gasteiger partial charge in [-0.05, 0) is 54.1 Å². The number of carbonyl (C=O) groups is 1. The molecule has 10 nitrogen and oxygen atoms in total. The Bertz CT molecular complexity index is 1840. The Morgan fingerprint density at radius 1 is 1.02 bits per heavy atom. The van der Waals surface area contributed by atoms with Crippen LogP contribution in [-0.2, 0) is 15.9 Å². The van der Waals surface area contributed by atoms with Crippen molar-refractivity contribution < 1.29 is 31.0 Å². The number of hydrogen-bond donors (Lipinski definition) is 5. The highest BCUT2D eigenvalue weighted by molar-refractivity contribution is 7.91. The van der Waals surface area contributed by atoms with Gasteiger partial charge in [-0.15, -0.1) is 0 Å². The van der Waals surface area contributed by atoms with Gasteiger partial charge in [-0.1, -0.05) is 12.1 Å². The van der Waals surface area contributed by atoms with Crippen molar-refractivity contribution in [3.63, 3.8) is 0 Å². The minimum Gasteiger partial charge on any atom is -0.356 e. The molecule has 2 amide bonds. The van der Waals surface area contributed by atoms with Crippen LogP contribution < -0.4 is 21.3 Å². The molecule has 0 saturated carbocycles. The van der Waals surface area contributed by atoms with E-state index in [-0.39, 0.29) is 40.0 Å². The number of benzene rings is 3. The monoisotopic (exact) mass is 616 g/mol. The molecule has 0 aliphatic heterocycles. The van der Waals surface area contributed by atoms with Crippen LogP contribution >= 0.6 is 0 Å². The summed E-state index contributed by atoms with van der Waals surface area (Å²) in [4.78, 5) is 21.1. The zero-order valence-electron chi connectivity index (χ0n) is 22.0. The van der Waals surface area contributed by atoms with E-state index >= 15 is 0 Å². The van der Waals surface area contributed by atoms with E-state index in [0.717, 1.165) is 6.07 Å². The molecule has 4 aromatic rings. The van der Waals surface area contributed by atoms with Crippen molar-refractivity contribution in [3.05, 3.63) is 84.1 Å². The van der Waals surface area contributed by atoms with E-state index in [2.05, 4.69) is 25.9 Å². The molecule has 0 aliphatic rings. The summed E-state index contributed by atoms with van der Waals surface area (Å²) in [6.45, 7) is -0.163. The molecule has 0 bridgehead atoms. The molecule has 0 radical (unpaired) electrons. The Labute approximate surface area is 242 Å². The van der Waals surface area contributed by atoms with Crippen molar-refractivity contribution in [2.24, 2.45) is 0 Å². The lowest BCUT2D eigenvalue weighted by Crippen LogP contribution is -2.21. The summed E-state index contributed by atoms with van der Waals surface area (Å²) in [6, 6.07) is 12.1. The number of hydrogen-bond acceptors (Lipinski definition) is 8. The largest absolute Gasteiger partial charge is 0.416 e. The van der Waals surface area contributed by atoms with Gasteiger partial charge in [0.15, 0.2) is 0 Å². The molecule has 43 heavy (non-hydrogen) atoms. The lowest BCUT2D eigenvalue weighted by atomic mass is 10.1. The van der Waals surface area contributed by atoms with E-state index in [0.29, 0.717) is 23.9 Å². The third-order valence-corrected chi connectivity index (χ3v) is 6.89. The summed E-state index contributed by atoms with van der Waals surface area (Å²) in [6.07, 6.45) is -2.14. The van der Waals surface area contributed by atoms with Crippen LogP contribution in [0, 0.1) is 27.7 Å². The number of nitrogens with one attached hydrogen (secondary N) is 5. The first-order chi connectivity index (χ1) is 20.2. The summed E-state index contributed by atoms with van der Waals surface area (Å²) >= 11 is 0. The van der Waals surface area contributed by atoms with Crippen LogP contribution in [0.1, 0.15) is 5.56 Å². The van der Waals surface area contributed by atoms with Crippen molar-refractivity contribution in [3.8, 4) is 17.2 Å². The minimum absolute atomic E-state index is 0.0752. The van der Waals surface area contributed by atoms with Crippen LogP contribution in [0.2, 0.25) is 0 Å². The number of halogens is 5. The second-order valence-electron chi connectivity index (χ2n) is 8.93. The average molecular weight is 617 g/mol. The van der Waals surface area contributed by atoms with E-state index in [1.807, 2.05) is 11.4 Å². The van der Waals surface area contributed by atoms with Gasteiger partial charge in [0, 0.05) is 28.6 Å². The highest BCUT2D eigenvalue weighted by Gasteiger charge is 2.31. The molecule has 0 fully saturated rings. The van der Waals surface area contributed by atoms with Crippen LogP contribution in [0.5, 0.6) is 0 Å². The van der Waals surface area contributed by atoms with Crippen LogP contribution in [0.25, 0.3) is 11.1 Å². The van der Waals surface area contributed by atoms with Gasteiger partial charge >= 0.3 is 12.2 Å². The average Bonchev–Trinajstić information content (AvgIpc) is 2.93. The van der Waals surface area contributed by atoms with E-state index in [1.54, 1.807) is 18.2 Å². The normalized spacial score (nSPS) is 12.5. The molecule has 0 saturated heterocycles. The van der Waals surface area contributed by atoms with Gasteiger partial charge in [0.2, 0.25) is 5.95 Å². The third-order valence-electron chi connectivity index (χ3n) is 5.73. The fourth-order valence-corrected chi connectivity index (χ4v) is 4.40. The molecular weight excluding hydrogens is 595 g/mol.